The number of rotatable bonds is 6. The first-order valence-corrected chi connectivity index (χ1v) is 8.07. The zero-order valence-electron chi connectivity index (χ0n) is 14.6. The van der Waals surface area contributed by atoms with Gasteiger partial charge in [0.1, 0.15) is 11.8 Å². The number of nitrogens with zero attached hydrogens (tertiary/aromatic N) is 2. The van der Waals surface area contributed by atoms with Gasteiger partial charge in [-0.15, -0.1) is 6.58 Å². The van der Waals surface area contributed by atoms with Gasteiger partial charge >= 0.3 is 0 Å². The summed E-state index contributed by atoms with van der Waals surface area (Å²) in [6.45, 7) is 9.81. The minimum atomic E-state index is 0.757. The summed E-state index contributed by atoms with van der Waals surface area (Å²) in [5, 5.41) is 9.34. The van der Waals surface area contributed by atoms with Gasteiger partial charge in [0, 0.05) is 17.6 Å². The molecule has 2 rings (SSSR count). The van der Waals surface area contributed by atoms with E-state index in [1.165, 1.54) is 0 Å². The molecule has 0 saturated carbocycles. The molecular formula is C20H26N2O. The van der Waals surface area contributed by atoms with Crippen LogP contribution < -0.4 is 4.74 Å². The summed E-state index contributed by atoms with van der Waals surface area (Å²) >= 11 is 0. The quantitative estimate of drug-likeness (QED) is 0.543. The van der Waals surface area contributed by atoms with Crippen molar-refractivity contribution in [2.24, 2.45) is 0 Å². The molecule has 1 aromatic heterocycles. The Kier molecular flexibility index (Phi) is 7.70. The van der Waals surface area contributed by atoms with Crippen molar-refractivity contribution >= 4 is 0 Å². The summed E-state index contributed by atoms with van der Waals surface area (Å²) in [5.74, 6) is 0.829. The van der Waals surface area contributed by atoms with E-state index in [-0.39, 0.29) is 0 Å². The van der Waals surface area contributed by atoms with Crippen LogP contribution in [-0.2, 0) is 6.42 Å². The molecule has 0 atom stereocenters. The lowest BCUT2D eigenvalue weighted by molar-refractivity contribution is 0.414. The molecule has 0 aliphatic rings. The fourth-order valence-corrected chi connectivity index (χ4v) is 2.49. The fourth-order valence-electron chi connectivity index (χ4n) is 2.49. The zero-order chi connectivity index (χ0) is 17.2. The molecule has 0 saturated heterocycles. The van der Waals surface area contributed by atoms with Gasteiger partial charge in [0.15, 0.2) is 0 Å². The number of allylic oxidation sites excluding steroid dienone is 1. The number of unbranched alkanes of at least 4 members (excludes halogenated alkanes) is 1. The maximum absolute atomic E-state index is 9.34. The van der Waals surface area contributed by atoms with Crippen LogP contribution in [0.1, 0.15) is 43.5 Å². The lowest BCUT2D eigenvalue weighted by Crippen LogP contribution is -1.97. The first-order chi connectivity index (χ1) is 11.2. The standard InChI is InChI=1S/C18H20N2O.C2H6/c1-4-5-6-7-18-14(2)20(13-15(18)12-19)16-8-10-17(21-3)11-9-16;1-2/h4,8-11,13H,1,5-7H2,2-3H3;1-2H3. The van der Waals surface area contributed by atoms with Gasteiger partial charge in [-0.3, -0.25) is 0 Å². The summed E-state index contributed by atoms with van der Waals surface area (Å²) in [4.78, 5) is 0. The van der Waals surface area contributed by atoms with Crippen LogP contribution in [0.2, 0.25) is 0 Å². The van der Waals surface area contributed by atoms with Gasteiger partial charge < -0.3 is 9.30 Å². The number of aromatic nitrogens is 1. The van der Waals surface area contributed by atoms with Crippen molar-refractivity contribution in [3.8, 4) is 17.5 Å². The van der Waals surface area contributed by atoms with Gasteiger partial charge in [-0.2, -0.15) is 5.26 Å². The first-order valence-electron chi connectivity index (χ1n) is 8.07. The molecule has 0 N–H and O–H groups in total. The normalized spacial score (nSPS) is 9.52. The van der Waals surface area contributed by atoms with E-state index in [1.54, 1.807) is 7.11 Å². The van der Waals surface area contributed by atoms with E-state index in [0.29, 0.717) is 0 Å². The number of nitriles is 1. The second-order valence-corrected chi connectivity index (χ2v) is 4.97. The van der Waals surface area contributed by atoms with Crippen molar-refractivity contribution < 1.29 is 4.74 Å². The molecule has 1 heterocycles. The predicted octanol–water partition coefficient (Wildman–Crippen LogP) is 5.20. The summed E-state index contributed by atoms with van der Waals surface area (Å²) in [6.07, 6.45) is 6.73. The first kappa shape index (κ1) is 18.6. The molecule has 3 heteroatoms. The molecular weight excluding hydrogens is 284 g/mol. The Morgan fingerprint density at radius 2 is 1.91 bits per heavy atom. The molecule has 23 heavy (non-hydrogen) atoms. The van der Waals surface area contributed by atoms with Crippen LogP contribution in [0.15, 0.2) is 43.1 Å². The molecule has 122 valence electrons. The Balaban J connectivity index is 0.00000127. The van der Waals surface area contributed by atoms with Gasteiger partial charge in [0.25, 0.3) is 0 Å². The summed E-state index contributed by atoms with van der Waals surface area (Å²) < 4.78 is 7.25. The highest BCUT2D eigenvalue weighted by Gasteiger charge is 2.13. The number of methoxy groups -OCH3 is 1. The Labute approximate surface area is 139 Å². The lowest BCUT2D eigenvalue weighted by atomic mass is 10.1. The largest absolute Gasteiger partial charge is 0.497 e. The van der Waals surface area contributed by atoms with E-state index >= 15 is 0 Å². The minimum Gasteiger partial charge on any atom is -0.497 e. The Morgan fingerprint density at radius 1 is 1.26 bits per heavy atom. The molecule has 0 amide bonds. The molecule has 0 unspecified atom stereocenters. The summed E-state index contributed by atoms with van der Waals surface area (Å²) in [5.41, 5.74) is 4.06. The minimum absolute atomic E-state index is 0.757. The van der Waals surface area contributed by atoms with Crippen molar-refractivity contribution in [3.63, 3.8) is 0 Å². The van der Waals surface area contributed by atoms with E-state index in [0.717, 1.165) is 47.5 Å². The third kappa shape index (κ3) is 4.50. The number of benzene rings is 1. The number of hydrogen-bond donors (Lipinski definition) is 0. The average Bonchev–Trinajstić information content (AvgIpc) is 2.93. The number of hydrogen-bond acceptors (Lipinski definition) is 2. The van der Waals surface area contributed by atoms with Crippen molar-refractivity contribution in [1.82, 2.24) is 4.57 Å². The topological polar surface area (TPSA) is 38.0 Å². The van der Waals surface area contributed by atoms with Crippen LogP contribution in [0.5, 0.6) is 5.75 Å². The van der Waals surface area contributed by atoms with E-state index in [4.69, 9.17) is 4.74 Å². The van der Waals surface area contributed by atoms with E-state index < -0.39 is 0 Å². The molecule has 0 aliphatic heterocycles. The highest BCUT2D eigenvalue weighted by atomic mass is 16.5. The Morgan fingerprint density at radius 3 is 2.43 bits per heavy atom. The van der Waals surface area contributed by atoms with E-state index in [1.807, 2.05) is 50.4 Å². The molecule has 0 fully saturated rings. The molecule has 0 spiro atoms. The molecule has 0 aliphatic carbocycles. The SMILES string of the molecule is C=CCCCc1c(C#N)cn(-c2ccc(OC)cc2)c1C.CC. The predicted molar refractivity (Wildman–Crippen MR) is 96.3 cm³/mol. The second-order valence-electron chi connectivity index (χ2n) is 4.97. The molecule has 1 aromatic carbocycles. The van der Waals surface area contributed by atoms with Crippen LogP contribution in [0, 0.1) is 18.3 Å². The lowest BCUT2D eigenvalue weighted by Gasteiger charge is -2.08. The number of ether oxygens (including phenoxy) is 1. The van der Waals surface area contributed by atoms with Crippen molar-refractivity contribution in [2.45, 2.75) is 40.0 Å². The third-order valence-corrected chi connectivity index (χ3v) is 3.69. The highest BCUT2D eigenvalue weighted by Crippen LogP contribution is 2.24. The molecule has 3 nitrogen and oxygen atoms in total. The van der Waals surface area contributed by atoms with Crippen molar-refractivity contribution in [2.75, 3.05) is 7.11 Å². The summed E-state index contributed by atoms with van der Waals surface area (Å²) in [6, 6.07) is 10.2. The fraction of sp³-hybridized carbons (Fsp3) is 0.350. The van der Waals surface area contributed by atoms with Crippen molar-refractivity contribution in [1.29, 1.82) is 5.26 Å². The van der Waals surface area contributed by atoms with Gasteiger partial charge in [-0.1, -0.05) is 19.9 Å². The van der Waals surface area contributed by atoms with Gasteiger partial charge in [0.2, 0.25) is 0 Å². The average molecular weight is 310 g/mol. The smallest absolute Gasteiger partial charge is 0.119 e. The van der Waals surface area contributed by atoms with Crippen LogP contribution in [0.25, 0.3) is 5.69 Å². The molecule has 0 bridgehead atoms. The molecule has 0 radical (unpaired) electrons. The van der Waals surface area contributed by atoms with E-state index in [9.17, 15) is 5.26 Å². The van der Waals surface area contributed by atoms with Crippen molar-refractivity contribution in [3.05, 3.63) is 59.9 Å². The van der Waals surface area contributed by atoms with Crippen LogP contribution >= 0.6 is 0 Å². The Bertz CT molecular complexity index is 660. The maximum atomic E-state index is 9.34. The van der Waals surface area contributed by atoms with Crippen LogP contribution in [-0.4, -0.2) is 11.7 Å². The maximum Gasteiger partial charge on any atom is 0.119 e. The third-order valence-electron chi connectivity index (χ3n) is 3.69. The monoisotopic (exact) mass is 310 g/mol. The van der Waals surface area contributed by atoms with Gasteiger partial charge in [-0.05, 0) is 56.0 Å². The highest BCUT2D eigenvalue weighted by molar-refractivity contribution is 5.47. The van der Waals surface area contributed by atoms with Gasteiger partial charge in [0.05, 0.1) is 12.7 Å². The van der Waals surface area contributed by atoms with Crippen LogP contribution in [0.3, 0.4) is 0 Å². The Hall–Kier alpha value is -2.47. The van der Waals surface area contributed by atoms with Gasteiger partial charge in [-0.25, -0.2) is 0 Å². The zero-order valence-corrected chi connectivity index (χ0v) is 14.6. The summed E-state index contributed by atoms with van der Waals surface area (Å²) in [7, 11) is 1.65. The van der Waals surface area contributed by atoms with E-state index in [2.05, 4.69) is 24.1 Å². The second kappa shape index (κ2) is 9.53. The van der Waals surface area contributed by atoms with Crippen LogP contribution in [0.4, 0.5) is 0 Å². The molecule has 2 aromatic rings.